The third-order valence-electron chi connectivity index (χ3n) is 5.83. The molecule has 2 aliphatic heterocycles. The van der Waals surface area contributed by atoms with E-state index in [4.69, 9.17) is 0 Å². The molecule has 5 nitrogen and oxygen atoms in total. The maximum absolute atomic E-state index is 13.1. The van der Waals surface area contributed by atoms with Gasteiger partial charge in [0.05, 0.1) is 0 Å². The fraction of sp³-hybridized carbons (Fsp3) is 0.391. The highest BCUT2D eigenvalue weighted by Crippen LogP contribution is 2.32. The number of anilines is 3. The highest BCUT2D eigenvalue weighted by atomic mass is 16.2. The van der Waals surface area contributed by atoms with Crippen LogP contribution in [0.3, 0.4) is 0 Å². The maximum Gasteiger partial charge on any atom is 0.242 e. The van der Waals surface area contributed by atoms with Crippen molar-refractivity contribution < 1.29 is 9.59 Å². The Labute approximate surface area is 166 Å². The molecule has 5 heteroatoms. The Balaban J connectivity index is 1.45. The lowest BCUT2D eigenvalue weighted by Gasteiger charge is -2.28. The van der Waals surface area contributed by atoms with Crippen LogP contribution in [0.2, 0.25) is 0 Å². The number of fused-ring (bicyclic) bond motifs is 1. The fourth-order valence-electron chi connectivity index (χ4n) is 4.00. The first-order valence-corrected chi connectivity index (χ1v) is 10.0. The molecule has 0 bridgehead atoms. The highest BCUT2D eigenvalue weighted by Gasteiger charge is 2.41. The maximum atomic E-state index is 13.1. The summed E-state index contributed by atoms with van der Waals surface area (Å²) in [6.45, 7) is 6.20. The zero-order chi connectivity index (χ0) is 19.7. The second-order valence-corrected chi connectivity index (χ2v) is 8.16. The predicted molar refractivity (Wildman–Crippen MR) is 113 cm³/mol. The molecule has 0 radical (unpaired) electrons. The van der Waals surface area contributed by atoms with Crippen LogP contribution in [0.4, 0.5) is 17.1 Å². The molecular formula is C23H27N3O2. The molecule has 4 rings (SSSR count). The molecule has 2 aromatic rings. The van der Waals surface area contributed by atoms with E-state index in [0.29, 0.717) is 6.54 Å². The first-order chi connectivity index (χ1) is 13.5. The molecule has 0 aliphatic carbocycles. The van der Waals surface area contributed by atoms with Gasteiger partial charge in [0.1, 0.15) is 5.41 Å². The van der Waals surface area contributed by atoms with Gasteiger partial charge in [-0.3, -0.25) is 9.59 Å². The predicted octanol–water partition coefficient (Wildman–Crippen LogP) is 3.84. The van der Waals surface area contributed by atoms with Gasteiger partial charge in [0.15, 0.2) is 0 Å². The lowest BCUT2D eigenvalue weighted by Crippen LogP contribution is -2.47. The van der Waals surface area contributed by atoms with Crippen molar-refractivity contribution in [3.05, 3.63) is 54.1 Å². The van der Waals surface area contributed by atoms with Crippen LogP contribution < -0.4 is 15.1 Å². The minimum atomic E-state index is -1.15. The highest BCUT2D eigenvalue weighted by molar-refractivity contribution is 6.15. The summed E-state index contributed by atoms with van der Waals surface area (Å²) in [5, 5.41) is 2.92. The number of para-hydroxylation sites is 1. The van der Waals surface area contributed by atoms with Crippen molar-refractivity contribution in [2.45, 2.75) is 33.1 Å². The van der Waals surface area contributed by atoms with E-state index in [1.807, 2.05) is 48.5 Å². The number of benzene rings is 2. The summed E-state index contributed by atoms with van der Waals surface area (Å²) in [7, 11) is 0. The molecule has 0 unspecified atom stereocenters. The number of amides is 2. The third kappa shape index (κ3) is 3.37. The normalized spacial score (nSPS) is 16.2. The molecule has 0 atom stereocenters. The standard InChI is InChI=1S/C23H27N3O2/c1-23(2,22(28)26-16-13-17-7-3-4-8-20(17)26)21(27)24-18-9-11-19(12-10-18)25-14-5-6-15-25/h3-4,7-12H,5-6,13-16H2,1-2H3,(H,24,27). The summed E-state index contributed by atoms with van der Waals surface area (Å²) >= 11 is 0. The SMILES string of the molecule is CC(C)(C(=O)Nc1ccc(N2CCCC2)cc1)C(=O)N1CCc2ccccc21. The first kappa shape index (κ1) is 18.5. The second kappa shape index (κ2) is 7.30. The van der Waals surface area contributed by atoms with Gasteiger partial charge in [-0.1, -0.05) is 18.2 Å². The third-order valence-corrected chi connectivity index (χ3v) is 5.83. The molecule has 1 fully saturated rings. The van der Waals surface area contributed by atoms with Gasteiger partial charge in [-0.25, -0.2) is 0 Å². The second-order valence-electron chi connectivity index (χ2n) is 8.16. The summed E-state index contributed by atoms with van der Waals surface area (Å²) in [6.07, 6.45) is 3.29. The van der Waals surface area contributed by atoms with Crippen LogP contribution in [0.15, 0.2) is 48.5 Å². The van der Waals surface area contributed by atoms with Gasteiger partial charge in [0.25, 0.3) is 0 Å². The minimum absolute atomic E-state index is 0.163. The molecule has 0 spiro atoms. The van der Waals surface area contributed by atoms with Crippen molar-refractivity contribution in [3.63, 3.8) is 0 Å². The number of hydrogen-bond acceptors (Lipinski definition) is 3. The molecular weight excluding hydrogens is 350 g/mol. The summed E-state index contributed by atoms with van der Waals surface area (Å²) in [6, 6.07) is 15.8. The average molecular weight is 377 g/mol. The van der Waals surface area contributed by atoms with Crippen LogP contribution in [0.5, 0.6) is 0 Å². The van der Waals surface area contributed by atoms with E-state index in [1.165, 1.54) is 18.5 Å². The average Bonchev–Trinajstić information content (AvgIpc) is 3.38. The Morgan fingerprint density at radius 1 is 0.929 bits per heavy atom. The van der Waals surface area contributed by atoms with E-state index in [2.05, 4.69) is 10.2 Å². The van der Waals surface area contributed by atoms with Gasteiger partial charge in [0.2, 0.25) is 11.8 Å². The van der Waals surface area contributed by atoms with E-state index < -0.39 is 5.41 Å². The smallest absolute Gasteiger partial charge is 0.242 e. The molecule has 2 heterocycles. The molecule has 2 aromatic carbocycles. The van der Waals surface area contributed by atoms with Crippen molar-refractivity contribution in [1.82, 2.24) is 0 Å². The van der Waals surface area contributed by atoms with E-state index >= 15 is 0 Å². The fourth-order valence-corrected chi connectivity index (χ4v) is 4.00. The lowest BCUT2D eigenvalue weighted by molar-refractivity contribution is -0.136. The summed E-state index contributed by atoms with van der Waals surface area (Å²) < 4.78 is 0. The Morgan fingerprint density at radius 2 is 1.61 bits per heavy atom. The summed E-state index contributed by atoms with van der Waals surface area (Å²) in [5.74, 6) is -0.445. The molecule has 0 aromatic heterocycles. The van der Waals surface area contributed by atoms with Gasteiger partial charge >= 0.3 is 0 Å². The number of rotatable bonds is 4. The number of nitrogens with zero attached hydrogens (tertiary/aromatic N) is 2. The summed E-state index contributed by atoms with van der Waals surface area (Å²) in [4.78, 5) is 30.2. The van der Waals surface area contributed by atoms with Gasteiger partial charge in [-0.05, 0) is 69.0 Å². The topological polar surface area (TPSA) is 52.7 Å². The number of hydrogen-bond donors (Lipinski definition) is 1. The zero-order valence-corrected chi connectivity index (χ0v) is 16.6. The largest absolute Gasteiger partial charge is 0.372 e. The molecule has 2 amide bonds. The zero-order valence-electron chi connectivity index (χ0n) is 16.6. The quantitative estimate of drug-likeness (QED) is 0.824. The first-order valence-electron chi connectivity index (χ1n) is 10.0. The number of nitrogens with one attached hydrogen (secondary N) is 1. The molecule has 2 aliphatic rings. The van der Waals surface area contributed by atoms with Crippen molar-refractivity contribution in [1.29, 1.82) is 0 Å². The Kier molecular flexibility index (Phi) is 4.84. The van der Waals surface area contributed by atoms with Crippen LogP contribution in [-0.2, 0) is 16.0 Å². The van der Waals surface area contributed by atoms with Crippen molar-refractivity contribution in [3.8, 4) is 0 Å². The monoisotopic (exact) mass is 377 g/mol. The molecule has 1 saturated heterocycles. The minimum Gasteiger partial charge on any atom is -0.372 e. The molecule has 28 heavy (non-hydrogen) atoms. The number of carbonyl (C=O) groups is 2. The van der Waals surface area contributed by atoms with Crippen molar-refractivity contribution >= 4 is 28.9 Å². The van der Waals surface area contributed by atoms with Gasteiger partial charge < -0.3 is 15.1 Å². The van der Waals surface area contributed by atoms with Gasteiger partial charge in [-0.15, -0.1) is 0 Å². The number of carbonyl (C=O) groups excluding carboxylic acids is 2. The van der Waals surface area contributed by atoms with Crippen LogP contribution in [0.25, 0.3) is 0 Å². The summed E-state index contributed by atoms with van der Waals surface area (Å²) in [5.41, 5.74) is 2.83. The van der Waals surface area contributed by atoms with E-state index in [0.717, 1.165) is 36.4 Å². The molecule has 146 valence electrons. The lowest BCUT2D eigenvalue weighted by atomic mass is 9.90. The van der Waals surface area contributed by atoms with Crippen LogP contribution in [0, 0.1) is 5.41 Å². The van der Waals surface area contributed by atoms with E-state index in [1.54, 1.807) is 18.7 Å². The molecule has 0 saturated carbocycles. The molecule has 1 N–H and O–H groups in total. The van der Waals surface area contributed by atoms with Gasteiger partial charge in [-0.2, -0.15) is 0 Å². The van der Waals surface area contributed by atoms with Crippen LogP contribution in [-0.4, -0.2) is 31.4 Å². The van der Waals surface area contributed by atoms with E-state index in [9.17, 15) is 9.59 Å². The Bertz CT molecular complexity index is 883. The van der Waals surface area contributed by atoms with Crippen LogP contribution in [0.1, 0.15) is 32.3 Å². The Morgan fingerprint density at radius 3 is 2.32 bits per heavy atom. The van der Waals surface area contributed by atoms with Crippen molar-refractivity contribution in [2.24, 2.45) is 5.41 Å². The Hall–Kier alpha value is -2.82. The van der Waals surface area contributed by atoms with Gasteiger partial charge in [0, 0.05) is 36.7 Å². The van der Waals surface area contributed by atoms with Crippen molar-refractivity contribution in [2.75, 3.05) is 34.8 Å². The van der Waals surface area contributed by atoms with Crippen LogP contribution >= 0.6 is 0 Å². The van der Waals surface area contributed by atoms with E-state index in [-0.39, 0.29) is 11.8 Å².